The number of para-hydroxylation sites is 1. The molecule has 0 amide bonds. The fourth-order valence-electron chi connectivity index (χ4n) is 2.15. The Morgan fingerprint density at radius 3 is 2.57 bits per heavy atom. The fourth-order valence-corrected chi connectivity index (χ4v) is 2.15. The highest BCUT2D eigenvalue weighted by Gasteiger charge is 2.01. The van der Waals surface area contributed by atoms with Crippen LogP contribution in [-0.2, 0) is 0 Å². The summed E-state index contributed by atoms with van der Waals surface area (Å²) in [5.41, 5.74) is 2.11. The number of nitrogens with zero attached hydrogens (tertiary/aromatic N) is 1. The van der Waals surface area contributed by atoms with E-state index in [4.69, 9.17) is 4.74 Å². The maximum Gasteiger partial charge on any atom is 0.345 e. The Bertz CT molecular complexity index is 849. The van der Waals surface area contributed by atoms with Crippen molar-refractivity contribution in [2.45, 2.75) is 0 Å². The van der Waals surface area contributed by atoms with Gasteiger partial charge in [0, 0.05) is 5.39 Å². The van der Waals surface area contributed by atoms with Crippen molar-refractivity contribution in [2.24, 2.45) is 0 Å². The highest BCUT2D eigenvalue weighted by molar-refractivity contribution is 5.88. The van der Waals surface area contributed by atoms with Crippen molar-refractivity contribution in [2.75, 3.05) is 7.11 Å². The van der Waals surface area contributed by atoms with Gasteiger partial charge in [-0.3, -0.25) is 0 Å². The number of nitrogens with one attached hydrogen (secondary N) is 1. The molecule has 0 spiro atoms. The van der Waals surface area contributed by atoms with Gasteiger partial charge in [-0.15, -0.1) is 0 Å². The molecule has 1 heterocycles. The predicted octanol–water partition coefficient (Wildman–Crippen LogP) is 3.10. The smallest absolute Gasteiger partial charge is 0.345 e. The van der Waals surface area contributed by atoms with E-state index in [9.17, 15) is 4.79 Å². The molecule has 21 heavy (non-hydrogen) atoms. The molecule has 0 atom stereocenters. The monoisotopic (exact) mass is 278 g/mol. The molecular formula is C17H14N2O2. The summed E-state index contributed by atoms with van der Waals surface area (Å²) in [5.74, 6) is 0.812. The first-order chi connectivity index (χ1) is 10.3. The lowest BCUT2D eigenvalue weighted by molar-refractivity contribution is 0.415. The predicted molar refractivity (Wildman–Crippen MR) is 84.3 cm³/mol. The molecule has 1 aromatic heterocycles. The van der Waals surface area contributed by atoms with Crippen LogP contribution in [0.1, 0.15) is 11.3 Å². The van der Waals surface area contributed by atoms with Crippen molar-refractivity contribution >= 4 is 23.1 Å². The molecule has 0 saturated carbocycles. The summed E-state index contributed by atoms with van der Waals surface area (Å²) in [6, 6.07) is 15.3. The second kappa shape index (κ2) is 5.63. The van der Waals surface area contributed by atoms with Gasteiger partial charge in [0.25, 0.3) is 0 Å². The van der Waals surface area contributed by atoms with E-state index in [1.165, 1.54) is 0 Å². The van der Waals surface area contributed by atoms with Crippen LogP contribution in [0.15, 0.2) is 53.3 Å². The van der Waals surface area contributed by atoms with E-state index >= 15 is 0 Å². The fraction of sp³-hybridized carbons (Fsp3) is 0.0588. The van der Waals surface area contributed by atoms with E-state index in [2.05, 4.69) is 9.97 Å². The molecule has 0 aliphatic heterocycles. The van der Waals surface area contributed by atoms with Crippen LogP contribution in [0.3, 0.4) is 0 Å². The topological polar surface area (TPSA) is 55.0 Å². The minimum Gasteiger partial charge on any atom is -0.497 e. The Labute approximate surface area is 121 Å². The Morgan fingerprint density at radius 2 is 1.81 bits per heavy atom. The normalized spacial score (nSPS) is 11.1. The van der Waals surface area contributed by atoms with Crippen LogP contribution >= 0.6 is 0 Å². The molecule has 3 aromatic rings. The molecule has 0 aliphatic carbocycles. The molecule has 104 valence electrons. The van der Waals surface area contributed by atoms with Gasteiger partial charge in [0.1, 0.15) is 5.75 Å². The summed E-state index contributed by atoms with van der Waals surface area (Å²) in [7, 11) is 1.64. The standard InChI is InChI=1S/C17H14N2O2/c1-21-13-9-6-12(7-10-13)8-11-16-14-4-2-3-5-15(14)18-17(20)19-16/h2-11H,1H3,(H,18,19,20)/b11-8+. The quantitative estimate of drug-likeness (QED) is 0.801. The number of hydrogen-bond acceptors (Lipinski definition) is 3. The van der Waals surface area contributed by atoms with Crippen LogP contribution in [0.4, 0.5) is 0 Å². The number of aromatic amines is 1. The third-order valence-electron chi connectivity index (χ3n) is 3.22. The average Bonchev–Trinajstić information content (AvgIpc) is 2.53. The SMILES string of the molecule is COc1ccc(/C=C/c2nc(=O)[nH]c3ccccc23)cc1. The van der Waals surface area contributed by atoms with E-state index in [0.717, 1.165) is 22.2 Å². The largest absolute Gasteiger partial charge is 0.497 e. The van der Waals surface area contributed by atoms with Crippen LogP contribution in [0.25, 0.3) is 23.1 Å². The van der Waals surface area contributed by atoms with E-state index < -0.39 is 0 Å². The number of ether oxygens (including phenoxy) is 1. The lowest BCUT2D eigenvalue weighted by Gasteiger charge is -2.01. The van der Waals surface area contributed by atoms with Gasteiger partial charge in [-0.05, 0) is 29.8 Å². The molecule has 2 aromatic carbocycles. The zero-order chi connectivity index (χ0) is 14.7. The van der Waals surface area contributed by atoms with Crippen LogP contribution < -0.4 is 10.4 Å². The minimum absolute atomic E-state index is 0.344. The Morgan fingerprint density at radius 1 is 1.05 bits per heavy atom. The van der Waals surface area contributed by atoms with E-state index in [0.29, 0.717) is 5.69 Å². The Hall–Kier alpha value is -2.88. The molecular weight excluding hydrogens is 264 g/mol. The molecule has 4 nitrogen and oxygen atoms in total. The average molecular weight is 278 g/mol. The van der Waals surface area contributed by atoms with Gasteiger partial charge in [0.15, 0.2) is 0 Å². The molecule has 1 N–H and O–H groups in total. The van der Waals surface area contributed by atoms with Crippen LogP contribution in [-0.4, -0.2) is 17.1 Å². The molecule has 0 aliphatic rings. The third kappa shape index (κ3) is 2.84. The Balaban J connectivity index is 2.00. The highest BCUT2D eigenvalue weighted by atomic mass is 16.5. The van der Waals surface area contributed by atoms with Crippen molar-refractivity contribution in [1.82, 2.24) is 9.97 Å². The van der Waals surface area contributed by atoms with Gasteiger partial charge in [0.05, 0.1) is 18.3 Å². The van der Waals surface area contributed by atoms with Gasteiger partial charge in [-0.25, -0.2) is 4.79 Å². The number of fused-ring (bicyclic) bond motifs is 1. The number of H-pyrrole nitrogens is 1. The second-order valence-electron chi connectivity index (χ2n) is 4.58. The first-order valence-corrected chi connectivity index (χ1v) is 6.57. The number of benzene rings is 2. The van der Waals surface area contributed by atoms with Crippen molar-refractivity contribution in [3.05, 3.63) is 70.3 Å². The van der Waals surface area contributed by atoms with Gasteiger partial charge in [-0.2, -0.15) is 4.98 Å². The molecule has 0 saturated heterocycles. The maximum absolute atomic E-state index is 11.6. The van der Waals surface area contributed by atoms with Gasteiger partial charge < -0.3 is 9.72 Å². The summed E-state index contributed by atoms with van der Waals surface area (Å²) in [4.78, 5) is 18.3. The van der Waals surface area contributed by atoms with Crippen LogP contribution in [0.2, 0.25) is 0 Å². The van der Waals surface area contributed by atoms with Crippen molar-refractivity contribution in [1.29, 1.82) is 0 Å². The zero-order valence-electron chi connectivity index (χ0n) is 11.5. The van der Waals surface area contributed by atoms with Crippen molar-refractivity contribution in [3.8, 4) is 5.75 Å². The Kier molecular flexibility index (Phi) is 3.51. The second-order valence-corrected chi connectivity index (χ2v) is 4.58. The van der Waals surface area contributed by atoms with Gasteiger partial charge in [-0.1, -0.05) is 36.4 Å². The molecule has 0 bridgehead atoms. The summed E-state index contributed by atoms with van der Waals surface area (Å²) in [6.45, 7) is 0. The zero-order valence-corrected chi connectivity index (χ0v) is 11.5. The van der Waals surface area contributed by atoms with Crippen molar-refractivity contribution < 1.29 is 4.74 Å². The molecule has 0 unspecified atom stereocenters. The lowest BCUT2D eigenvalue weighted by Crippen LogP contribution is -2.11. The van der Waals surface area contributed by atoms with E-state index in [1.54, 1.807) is 7.11 Å². The summed E-state index contributed by atoms with van der Waals surface area (Å²) in [6.07, 6.45) is 3.77. The van der Waals surface area contributed by atoms with Crippen LogP contribution in [0.5, 0.6) is 5.75 Å². The molecule has 3 rings (SSSR count). The first-order valence-electron chi connectivity index (χ1n) is 6.57. The third-order valence-corrected chi connectivity index (χ3v) is 3.22. The molecule has 0 radical (unpaired) electrons. The van der Waals surface area contributed by atoms with Gasteiger partial charge in [0.2, 0.25) is 0 Å². The number of methoxy groups -OCH3 is 1. The summed E-state index contributed by atoms with van der Waals surface area (Å²) >= 11 is 0. The first kappa shape index (κ1) is 13.1. The van der Waals surface area contributed by atoms with E-state index in [-0.39, 0.29) is 5.69 Å². The molecule has 4 heteroatoms. The summed E-state index contributed by atoms with van der Waals surface area (Å²) < 4.78 is 5.12. The maximum atomic E-state index is 11.6. The van der Waals surface area contributed by atoms with Crippen molar-refractivity contribution in [3.63, 3.8) is 0 Å². The van der Waals surface area contributed by atoms with Crippen LogP contribution in [0, 0.1) is 0 Å². The number of hydrogen-bond donors (Lipinski definition) is 1. The van der Waals surface area contributed by atoms with Gasteiger partial charge >= 0.3 is 5.69 Å². The lowest BCUT2D eigenvalue weighted by atomic mass is 10.1. The van der Waals surface area contributed by atoms with E-state index in [1.807, 2.05) is 60.7 Å². The highest BCUT2D eigenvalue weighted by Crippen LogP contribution is 2.17. The molecule has 0 fully saturated rings. The number of aromatic nitrogens is 2. The minimum atomic E-state index is -0.344. The number of rotatable bonds is 3. The summed E-state index contributed by atoms with van der Waals surface area (Å²) in [5, 5.41) is 0.918.